The molecule has 1 fully saturated rings. The van der Waals surface area contributed by atoms with E-state index in [1.165, 1.54) is 0 Å². The first-order valence-corrected chi connectivity index (χ1v) is 7.37. The molecule has 21 heavy (non-hydrogen) atoms. The monoisotopic (exact) mass is 313 g/mol. The van der Waals surface area contributed by atoms with Crippen LogP contribution >= 0.6 is 12.4 Å². The van der Waals surface area contributed by atoms with Gasteiger partial charge in [-0.1, -0.05) is 18.2 Å². The molecule has 1 N–H and O–H groups in total. The maximum atomic E-state index is 10.2. The van der Waals surface area contributed by atoms with Crippen LogP contribution in [0.2, 0.25) is 0 Å². The molecule has 1 aromatic rings. The summed E-state index contributed by atoms with van der Waals surface area (Å²) in [6.45, 7) is 11.9. The summed E-state index contributed by atoms with van der Waals surface area (Å²) in [7, 11) is 0. The highest BCUT2D eigenvalue weighted by Gasteiger charge is 2.50. The molecule has 0 aliphatic carbocycles. The highest BCUT2D eigenvalue weighted by molar-refractivity contribution is 5.85. The molecule has 3 nitrogen and oxygen atoms in total. The van der Waals surface area contributed by atoms with Crippen molar-refractivity contribution >= 4 is 12.4 Å². The van der Waals surface area contributed by atoms with Crippen LogP contribution < -0.4 is 4.74 Å². The van der Waals surface area contributed by atoms with Crippen molar-refractivity contribution in [3.8, 4) is 5.75 Å². The number of nitrogens with zero attached hydrogens (tertiary/aromatic N) is 1. The maximum absolute atomic E-state index is 10.2. The third kappa shape index (κ3) is 4.12. The second-order valence-corrected chi connectivity index (χ2v) is 7.14. The number of likely N-dealkylation sites (tertiary alicyclic amines) is 1. The van der Waals surface area contributed by atoms with E-state index < -0.39 is 6.10 Å². The summed E-state index contributed by atoms with van der Waals surface area (Å²) in [5, 5.41) is 10.2. The number of hydrogen-bond donors (Lipinski definition) is 1. The van der Waals surface area contributed by atoms with Crippen molar-refractivity contribution in [2.45, 2.75) is 58.2 Å². The summed E-state index contributed by atoms with van der Waals surface area (Å²) in [5.74, 6) is 0.855. The molecule has 0 spiro atoms. The van der Waals surface area contributed by atoms with E-state index in [4.69, 9.17) is 4.74 Å². The Balaban J connectivity index is 0.00000220. The molecule has 1 aliphatic heterocycles. The average molecular weight is 314 g/mol. The molecule has 0 amide bonds. The van der Waals surface area contributed by atoms with E-state index in [-0.39, 0.29) is 23.5 Å². The van der Waals surface area contributed by atoms with Crippen molar-refractivity contribution in [3.63, 3.8) is 0 Å². The number of rotatable bonds is 5. The lowest BCUT2D eigenvalue weighted by atomic mass is 9.72. The van der Waals surface area contributed by atoms with Crippen molar-refractivity contribution in [1.29, 1.82) is 0 Å². The van der Waals surface area contributed by atoms with Crippen molar-refractivity contribution < 1.29 is 9.84 Å². The third-order valence-electron chi connectivity index (χ3n) is 4.24. The van der Waals surface area contributed by atoms with Crippen LogP contribution in [0.25, 0.3) is 0 Å². The number of β-amino-alcohol motifs (C(OH)–C–C–N with tert-alkyl or cyclic N) is 1. The summed E-state index contributed by atoms with van der Waals surface area (Å²) >= 11 is 0. The molecule has 0 aromatic heterocycles. The Bertz CT molecular complexity index is 460. The number of para-hydroxylation sites is 1. The second kappa shape index (κ2) is 6.55. The van der Waals surface area contributed by atoms with Gasteiger partial charge in [-0.15, -0.1) is 12.4 Å². The molecule has 1 aromatic carbocycles. The largest absolute Gasteiger partial charge is 0.491 e. The number of hydrogen-bond acceptors (Lipinski definition) is 3. The van der Waals surface area contributed by atoms with Crippen LogP contribution in [-0.2, 0) is 0 Å². The van der Waals surface area contributed by atoms with Crippen LogP contribution in [0.4, 0.5) is 0 Å². The van der Waals surface area contributed by atoms with E-state index in [0.717, 1.165) is 17.7 Å². The van der Waals surface area contributed by atoms with Gasteiger partial charge in [0.25, 0.3) is 0 Å². The normalized spacial score (nSPS) is 21.0. The molecule has 1 aliphatic rings. The first-order valence-electron chi connectivity index (χ1n) is 7.37. The summed E-state index contributed by atoms with van der Waals surface area (Å²) < 4.78 is 5.73. The van der Waals surface area contributed by atoms with Crippen LogP contribution in [-0.4, -0.2) is 40.3 Å². The van der Waals surface area contributed by atoms with E-state index in [1.807, 2.05) is 31.2 Å². The van der Waals surface area contributed by atoms with Crippen LogP contribution in [0.1, 0.15) is 39.7 Å². The fraction of sp³-hybridized carbons (Fsp3) is 0.647. The highest BCUT2D eigenvalue weighted by atomic mass is 35.5. The van der Waals surface area contributed by atoms with E-state index in [1.54, 1.807) is 0 Å². The van der Waals surface area contributed by atoms with Gasteiger partial charge in [0.05, 0.1) is 0 Å². The zero-order valence-electron chi connectivity index (χ0n) is 13.7. The van der Waals surface area contributed by atoms with Crippen LogP contribution in [0.3, 0.4) is 0 Å². The van der Waals surface area contributed by atoms with Gasteiger partial charge in [-0.2, -0.15) is 0 Å². The molecule has 120 valence electrons. The molecule has 4 heteroatoms. The van der Waals surface area contributed by atoms with Gasteiger partial charge in [-0.3, -0.25) is 4.90 Å². The Labute approximate surface area is 134 Å². The van der Waals surface area contributed by atoms with Crippen molar-refractivity contribution in [3.05, 3.63) is 29.8 Å². The summed E-state index contributed by atoms with van der Waals surface area (Å²) in [6.07, 6.45) is 0.694. The van der Waals surface area contributed by atoms with Gasteiger partial charge in [0.15, 0.2) is 0 Å². The summed E-state index contributed by atoms with van der Waals surface area (Å²) in [6, 6.07) is 7.91. The molecule has 0 saturated carbocycles. The van der Waals surface area contributed by atoms with Gasteiger partial charge >= 0.3 is 0 Å². The molecule has 1 heterocycles. The SMILES string of the molecule is Cc1ccccc1OCC(O)CN1C(C)(C)CC1(C)C.Cl. The van der Waals surface area contributed by atoms with Gasteiger partial charge in [-0.25, -0.2) is 0 Å². The van der Waals surface area contributed by atoms with Crippen LogP contribution in [0.15, 0.2) is 24.3 Å². The van der Waals surface area contributed by atoms with E-state index in [9.17, 15) is 5.11 Å². The minimum Gasteiger partial charge on any atom is -0.491 e. The van der Waals surface area contributed by atoms with Gasteiger partial charge in [-0.05, 0) is 52.7 Å². The zero-order valence-corrected chi connectivity index (χ0v) is 14.5. The summed E-state index contributed by atoms with van der Waals surface area (Å²) in [5.41, 5.74) is 1.45. The lowest BCUT2D eigenvalue weighted by Crippen LogP contribution is -2.70. The van der Waals surface area contributed by atoms with Crippen LogP contribution in [0, 0.1) is 6.92 Å². The number of ether oxygens (including phenoxy) is 1. The fourth-order valence-electron chi connectivity index (χ4n) is 3.64. The Morgan fingerprint density at radius 3 is 2.29 bits per heavy atom. The molecule has 0 radical (unpaired) electrons. The summed E-state index contributed by atoms with van der Waals surface area (Å²) in [4.78, 5) is 2.37. The Kier molecular flexibility index (Phi) is 5.70. The molecular weight excluding hydrogens is 286 g/mol. The molecular formula is C17H28ClNO2. The number of benzene rings is 1. The van der Waals surface area contributed by atoms with E-state index >= 15 is 0 Å². The first kappa shape index (κ1) is 18.3. The Hall–Kier alpha value is -0.770. The van der Waals surface area contributed by atoms with Crippen LogP contribution in [0.5, 0.6) is 5.75 Å². The van der Waals surface area contributed by atoms with Crippen molar-refractivity contribution in [1.82, 2.24) is 4.90 Å². The topological polar surface area (TPSA) is 32.7 Å². The number of halogens is 1. The third-order valence-corrected chi connectivity index (χ3v) is 4.24. The van der Waals surface area contributed by atoms with Gasteiger partial charge in [0.1, 0.15) is 18.5 Å². The lowest BCUT2D eigenvalue weighted by Gasteiger charge is -2.61. The Morgan fingerprint density at radius 1 is 1.19 bits per heavy atom. The second-order valence-electron chi connectivity index (χ2n) is 7.14. The predicted octanol–water partition coefficient (Wildman–Crippen LogP) is 3.42. The smallest absolute Gasteiger partial charge is 0.122 e. The minimum absolute atomic E-state index is 0. The van der Waals surface area contributed by atoms with Crippen molar-refractivity contribution in [2.24, 2.45) is 0 Å². The standard InChI is InChI=1S/C17H27NO2.ClH/c1-13-8-6-7-9-15(13)20-11-14(19)10-18-16(2,3)12-17(18,4)5;/h6-9,14,19H,10-12H2,1-5H3;1H. The van der Waals surface area contributed by atoms with Crippen molar-refractivity contribution in [2.75, 3.05) is 13.2 Å². The molecule has 2 rings (SSSR count). The number of aliphatic hydroxyl groups is 1. The molecule has 1 atom stereocenters. The fourth-order valence-corrected chi connectivity index (χ4v) is 3.64. The molecule has 0 bridgehead atoms. The average Bonchev–Trinajstić information content (AvgIpc) is 2.33. The number of aliphatic hydroxyl groups excluding tert-OH is 1. The van der Waals surface area contributed by atoms with E-state index in [2.05, 4.69) is 32.6 Å². The maximum Gasteiger partial charge on any atom is 0.122 e. The highest BCUT2D eigenvalue weighted by Crippen LogP contribution is 2.43. The van der Waals surface area contributed by atoms with Gasteiger partial charge < -0.3 is 9.84 Å². The first-order chi connectivity index (χ1) is 9.22. The van der Waals surface area contributed by atoms with Gasteiger partial charge in [0, 0.05) is 17.6 Å². The lowest BCUT2D eigenvalue weighted by molar-refractivity contribution is -0.127. The Morgan fingerprint density at radius 2 is 1.76 bits per heavy atom. The number of aryl methyl sites for hydroxylation is 1. The molecule has 1 saturated heterocycles. The minimum atomic E-state index is -0.464. The van der Waals surface area contributed by atoms with Gasteiger partial charge in [0.2, 0.25) is 0 Å². The predicted molar refractivity (Wildman–Crippen MR) is 89.4 cm³/mol. The molecule has 1 unspecified atom stereocenters. The zero-order chi connectivity index (χ0) is 15.0. The quantitative estimate of drug-likeness (QED) is 0.904. The van der Waals surface area contributed by atoms with E-state index in [0.29, 0.717) is 13.2 Å².